The van der Waals surface area contributed by atoms with E-state index in [1.165, 1.54) is 0 Å². The van der Waals surface area contributed by atoms with Crippen molar-refractivity contribution in [2.75, 3.05) is 0 Å². The molecular formula is C15H15NO3. The third-order valence-electron chi connectivity index (χ3n) is 3.43. The molecule has 4 nitrogen and oxygen atoms in total. The van der Waals surface area contributed by atoms with Gasteiger partial charge in [-0.25, -0.2) is 4.79 Å². The predicted octanol–water partition coefficient (Wildman–Crippen LogP) is 3.11. The normalized spacial score (nSPS) is 15.3. The lowest BCUT2D eigenvalue weighted by Gasteiger charge is -2.35. The number of ether oxygens (including phenoxy) is 1. The molecule has 1 aromatic heterocycles. The van der Waals surface area contributed by atoms with E-state index < -0.39 is 11.6 Å². The molecule has 2 heterocycles. The number of carbonyl (C=O) groups is 1. The average Bonchev–Trinajstić information content (AvgIpc) is 2.79. The molecule has 19 heavy (non-hydrogen) atoms. The minimum absolute atomic E-state index is 0.211. The standard InChI is InChI=1S/C15H15NO3/c1-9-7-10(14(17)18)13-11(8-9)16-6-4-5-12(16)15(2,3)19-13/h4-8H,1-3H3,(H,17,18). The number of carboxylic acids is 1. The summed E-state index contributed by atoms with van der Waals surface area (Å²) in [4.78, 5) is 11.4. The Hall–Kier alpha value is -2.23. The summed E-state index contributed by atoms with van der Waals surface area (Å²) >= 11 is 0. The van der Waals surface area contributed by atoms with E-state index in [1.54, 1.807) is 6.07 Å². The van der Waals surface area contributed by atoms with Gasteiger partial charge in [-0.15, -0.1) is 0 Å². The first kappa shape index (κ1) is 11.8. The molecule has 0 atom stereocenters. The van der Waals surface area contributed by atoms with Crippen molar-refractivity contribution in [3.8, 4) is 11.4 Å². The number of nitrogens with zero attached hydrogens (tertiary/aromatic N) is 1. The fraction of sp³-hybridized carbons (Fsp3) is 0.267. The third kappa shape index (κ3) is 1.63. The van der Waals surface area contributed by atoms with E-state index in [0.29, 0.717) is 5.75 Å². The van der Waals surface area contributed by atoms with Gasteiger partial charge in [0, 0.05) is 6.20 Å². The van der Waals surface area contributed by atoms with E-state index in [1.807, 2.05) is 49.7 Å². The summed E-state index contributed by atoms with van der Waals surface area (Å²) in [6.07, 6.45) is 1.93. The number of rotatable bonds is 1. The van der Waals surface area contributed by atoms with Gasteiger partial charge in [0.05, 0.1) is 11.4 Å². The van der Waals surface area contributed by atoms with E-state index in [2.05, 4.69) is 0 Å². The Labute approximate surface area is 111 Å². The highest BCUT2D eigenvalue weighted by Gasteiger charge is 2.35. The van der Waals surface area contributed by atoms with Crippen LogP contribution in [0.15, 0.2) is 30.5 Å². The Bertz CT molecular complexity index is 683. The van der Waals surface area contributed by atoms with Crippen LogP contribution in [-0.4, -0.2) is 15.6 Å². The number of aromatic nitrogens is 1. The van der Waals surface area contributed by atoms with Crippen molar-refractivity contribution in [1.29, 1.82) is 0 Å². The molecule has 0 spiro atoms. The van der Waals surface area contributed by atoms with E-state index in [9.17, 15) is 9.90 Å². The summed E-state index contributed by atoms with van der Waals surface area (Å²) in [6.45, 7) is 5.76. The van der Waals surface area contributed by atoms with Gasteiger partial charge in [0.2, 0.25) is 0 Å². The van der Waals surface area contributed by atoms with Crippen molar-refractivity contribution in [2.45, 2.75) is 26.4 Å². The topological polar surface area (TPSA) is 51.5 Å². The quantitative estimate of drug-likeness (QED) is 0.854. The fourth-order valence-electron chi connectivity index (χ4n) is 2.59. The highest BCUT2D eigenvalue weighted by molar-refractivity contribution is 5.93. The lowest BCUT2D eigenvalue weighted by molar-refractivity contribution is 0.0657. The second-order valence-electron chi connectivity index (χ2n) is 5.34. The van der Waals surface area contributed by atoms with Gasteiger partial charge in [0.1, 0.15) is 11.2 Å². The summed E-state index contributed by atoms with van der Waals surface area (Å²) in [7, 11) is 0. The molecule has 1 aliphatic rings. The molecule has 0 amide bonds. The van der Waals surface area contributed by atoms with Gasteiger partial charge < -0.3 is 14.4 Å². The first-order valence-corrected chi connectivity index (χ1v) is 6.15. The minimum Gasteiger partial charge on any atom is -0.479 e. The molecule has 0 saturated carbocycles. The summed E-state index contributed by atoms with van der Waals surface area (Å²) in [5, 5.41) is 9.34. The van der Waals surface area contributed by atoms with Crippen molar-refractivity contribution < 1.29 is 14.6 Å². The molecule has 0 unspecified atom stereocenters. The largest absolute Gasteiger partial charge is 0.479 e. The number of aromatic carboxylic acids is 1. The Morgan fingerprint density at radius 1 is 1.37 bits per heavy atom. The number of hydrogen-bond acceptors (Lipinski definition) is 2. The molecule has 4 heteroatoms. The number of hydrogen-bond donors (Lipinski definition) is 1. The van der Waals surface area contributed by atoms with E-state index in [4.69, 9.17) is 4.74 Å². The number of benzene rings is 1. The molecule has 98 valence electrons. The summed E-state index contributed by atoms with van der Waals surface area (Å²) in [5.74, 6) is -0.529. The van der Waals surface area contributed by atoms with Crippen LogP contribution >= 0.6 is 0 Å². The van der Waals surface area contributed by atoms with Crippen molar-refractivity contribution in [3.05, 3.63) is 47.3 Å². The maximum absolute atomic E-state index is 11.4. The lowest BCUT2D eigenvalue weighted by atomic mass is 10.00. The summed E-state index contributed by atoms with van der Waals surface area (Å²) in [5.41, 5.74) is 2.37. The molecule has 3 rings (SSSR count). The first-order chi connectivity index (χ1) is 8.90. The lowest BCUT2D eigenvalue weighted by Crippen LogP contribution is -2.33. The number of fused-ring (bicyclic) bond motifs is 3. The zero-order chi connectivity index (χ0) is 13.8. The molecule has 1 aromatic carbocycles. The Balaban J connectivity index is 2.36. The van der Waals surface area contributed by atoms with E-state index in [0.717, 1.165) is 16.9 Å². The monoisotopic (exact) mass is 257 g/mol. The molecule has 0 bridgehead atoms. The minimum atomic E-state index is -0.966. The average molecular weight is 257 g/mol. The first-order valence-electron chi connectivity index (χ1n) is 6.15. The van der Waals surface area contributed by atoms with Gasteiger partial charge in [-0.1, -0.05) is 0 Å². The van der Waals surface area contributed by atoms with Gasteiger partial charge in [-0.3, -0.25) is 0 Å². The molecule has 0 fully saturated rings. The van der Waals surface area contributed by atoms with Gasteiger partial charge >= 0.3 is 5.97 Å². The van der Waals surface area contributed by atoms with Crippen LogP contribution < -0.4 is 4.74 Å². The smallest absolute Gasteiger partial charge is 0.339 e. The number of carboxylic acid groups (broad SMARTS) is 1. The highest BCUT2D eigenvalue weighted by atomic mass is 16.5. The van der Waals surface area contributed by atoms with Gasteiger partial charge in [0.25, 0.3) is 0 Å². The van der Waals surface area contributed by atoms with Gasteiger partial charge in [-0.05, 0) is 50.6 Å². The molecule has 0 saturated heterocycles. The highest BCUT2D eigenvalue weighted by Crippen LogP contribution is 2.41. The van der Waals surface area contributed by atoms with Crippen molar-refractivity contribution in [1.82, 2.24) is 4.57 Å². The molecule has 0 radical (unpaired) electrons. The van der Waals surface area contributed by atoms with Crippen LogP contribution in [0.5, 0.6) is 5.75 Å². The van der Waals surface area contributed by atoms with Crippen molar-refractivity contribution in [2.24, 2.45) is 0 Å². The summed E-state index contributed by atoms with van der Waals surface area (Å²) in [6, 6.07) is 7.52. The van der Waals surface area contributed by atoms with E-state index in [-0.39, 0.29) is 5.56 Å². The molecule has 1 aliphatic heterocycles. The summed E-state index contributed by atoms with van der Waals surface area (Å²) < 4.78 is 7.95. The Morgan fingerprint density at radius 2 is 2.11 bits per heavy atom. The Kier molecular flexibility index (Phi) is 2.26. The van der Waals surface area contributed by atoms with Crippen LogP contribution in [0.1, 0.15) is 35.5 Å². The molecule has 2 aromatic rings. The van der Waals surface area contributed by atoms with E-state index >= 15 is 0 Å². The SMILES string of the molecule is Cc1cc(C(=O)O)c2c(c1)-n1cccc1C(C)(C)O2. The van der Waals surface area contributed by atoms with Gasteiger partial charge in [-0.2, -0.15) is 0 Å². The van der Waals surface area contributed by atoms with Crippen LogP contribution in [0.3, 0.4) is 0 Å². The zero-order valence-corrected chi connectivity index (χ0v) is 11.1. The second-order valence-corrected chi connectivity index (χ2v) is 5.34. The Morgan fingerprint density at radius 3 is 2.79 bits per heavy atom. The second kappa shape index (κ2) is 3.63. The fourth-order valence-corrected chi connectivity index (χ4v) is 2.59. The molecular weight excluding hydrogens is 242 g/mol. The number of aryl methyl sites for hydroxylation is 1. The third-order valence-corrected chi connectivity index (χ3v) is 3.43. The van der Waals surface area contributed by atoms with Crippen LogP contribution in [0.25, 0.3) is 5.69 Å². The van der Waals surface area contributed by atoms with Crippen molar-refractivity contribution >= 4 is 5.97 Å². The molecule has 0 aliphatic carbocycles. The van der Waals surface area contributed by atoms with Crippen LogP contribution in [-0.2, 0) is 5.60 Å². The van der Waals surface area contributed by atoms with Crippen LogP contribution in [0.2, 0.25) is 0 Å². The zero-order valence-electron chi connectivity index (χ0n) is 11.1. The van der Waals surface area contributed by atoms with Gasteiger partial charge in [0.15, 0.2) is 5.75 Å². The molecule has 1 N–H and O–H groups in total. The predicted molar refractivity (Wildman–Crippen MR) is 71.1 cm³/mol. The van der Waals surface area contributed by atoms with Crippen LogP contribution in [0, 0.1) is 6.92 Å². The maximum atomic E-state index is 11.4. The van der Waals surface area contributed by atoms with Crippen LogP contribution in [0.4, 0.5) is 0 Å². The van der Waals surface area contributed by atoms with Crippen molar-refractivity contribution in [3.63, 3.8) is 0 Å². The maximum Gasteiger partial charge on any atom is 0.339 e.